The van der Waals surface area contributed by atoms with Crippen molar-refractivity contribution in [2.45, 2.75) is 25.7 Å². The van der Waals surface area contributed by atoms with Gasteiger partial charge in [0.2, 0.25) is 0 Å². The van der Waals surface area contributed by atoms with Gasteiger partial charge in [0.1, 0.15) is 0 Å². The smallest absolute Gasteiger partial charge is 0.172 e. The lowest BCUT2D eigenvalue weighted by Gasteiger charge is -2.29. The van der Waals surface area contributed by atoms with Gasteiger partial charge in [-0.15, -0.1) is 0 Å². The van der Waals surface area contributed by atoms with Crippen LogP contribution in [0.5, 0.6) is 0 Å². The van der Waals surface area contributed by atoms with Crippen LogP contribution in [-0.2, 0) is 14.2 Å². The van der Waals surface area contributed by atoms with Crippen molar-refractivity contribution in [3.8, 4) is 0 Å². The Morgan fingerprint density at radius 2 is 2.14 bits per heavy atom. The highest BCUT2D eigenvalue weighted by molar-refractivity contribution is 4.81. The molecule has 2 atom stereocenters. The molecule has 1 aliphatic rings. The number of methoxy groups -OCH3 is 2. The van der Waals surface area contributed by atoms with E-state index in [0.717, 1.165) is 26.2 Å². The summed E-state index contributed by atoms with van der Waals surface area (Å²) in [5.41, 5.74) is 0. The van der Waals surface area contributed by atoms with E-state index in [9.17, 15) is 0 Å². The largest absolute Gasteiger partial charge is 0.381 e. The third-order valence-corrected chi connectivity index (χ3v) is 2.67. The maximum absolute atomic E-state index is 5.37. The molecule has 1 aliphatic heterocycles. The molecule has 84 valence electrons. The molecule has 0 aliphatic carbocycles. The molecule has 4 heteroatoms. The first-order valence-electron chi connectivity index (χ1n) is 5.20. The van der Waals surface area contributed by atoms with Crippen molar-refractivity contribution in [2.75, 3.05) is 34.0 Å². The van der Waals surface area contributed by atoms with E-state index in [-0.39, 0.29) is 12.3 Å². The molecule has 2 unspecified atom stereocenters. The first-order valence-corrected chi connectivity index (χ1v) is 5.20. The van der Waals surface area contributed by atoms with Gasteiger partial charge in [0.25, 0.3) is 0 Å². The van der Waals surface area contributed by atoms with Crippen LogP contribution in [-0.4, -0.2) is 46.3 Å². The molecule has 0 radical (unpaired) electrons. The standard InChI is InChI=1S/C10H21NO3/c1-4-11-9(10(12-2)13-3)8-5-6-14-7-8/h8-11H,4-7H2,1-3H3. The lowest BCUT2D eigenvalue weighted by molar-refractivity contribution is -0.132. The molecule has 14 heavy (non-hydrogen) atoms. The number of nitrogens with one attached hydrogen (secondary N) is 1. The Morgan fingerprint density at radius 3 is 2.57 bits per heavy atom. The van der Waals surface area contributed by atoms with E-state index >= 15 is 0 Å². The van der Waals surface area contributed by atoms with Gasteiger partial charge in [0.15, 0.2) is 6.29 Å². The predicted molar refractivity (Wildman–Crippen MR) is 54.2 cm³/mol. The van der Waals surface area contributed by atoms with Crippen LogP contribution in [0.4, 0.5) is 0 Å². The van der Waals surface area contributed by atoms with E-state index in [1.54, 1.807) is 14.2 Å². The van der Waals surface area contributed by atoms with Gasteiger partial charge in [-0.1, -0.05) is 6.92 Å². The molecule has 0 aromatic carbocycles. The summed E-state index contributed by atoms with van der Waals surface area (Å²) in [4.78, 5) is 0. The number of rotatable bonds is 6. The van der Waals surface area contributed by atoms with Crippen molar-refractivity contribution in [1.82, 2.24) is 5.32 Å². The molecular weight excluding hydrogens is 182 g/mol. The molecule has 1 rings (SSSR count). The van der Waals surface area contributed by atoms with Crippen LogP contribution in [0, 0.1) is 5.92 Å². The zero-order valence-corrected chi connectivity index (χ0v) is 9.29. The minimum Gasteiger partial charge on any atom is -0.381 e. The van der Waals surface area contributed by atoms with Crippen LogP contribution in [0.1, 0.15) is 13.3 Å². The van der Waals surface area contributed by atoms with Crippen molar-refractivity contribution < 1.29 is 14.2 Å². The Balaban J connectivity index is 2.51. The van der Waals surface area contributed by atoms with Gasteiger partial charge in [0, 0.05) is 26.7 Å². The first-order chi connectivity index (χ1) is 6.83. The normalized spacial score (nSPS) is 24.4. The Labute approximate surface area is 85.9 Å². The van der Waals surface area contributed by atoms with Crippen LogP contribution in [0.15, 0.2) is 0 Å². The van der Waals surface area contributed by atoms with Crippen molar-refractivity contribution >= 4 is 0 Å². The van der Waals surface area contributed by atoms with E-state index in [4.69, 9.17) is 14.2 Å². The van der Waals surface area contributed by atoms with Crippen LogP contribution in [0.25, 0.3) is 0 Å². The van der Waals surface area contributed by atoms with Gasteiger partial charge >= 0.3 is 0 Å². The summed E-state index contributed by atoms with van der Waals surface area (Å²) in [6, 6.07) is 0.234. The number of likely N-dealkylation sites (N-methyl/N-ethyl adjacent to an activating group) is 1. The Hall–Kier alpha value is -0.160. The summed E-state index contributed by atoms with van der Waals surface area (Å²) < 4.78 is 15.9. The molecule has 0 saturated carbocycles. The summed E-state index contributed by atoms with van der Waals surface area (Å²) in [6.45, 7) is 4.67. The Bertz CT molecular complexity index is 142. The Kier molecular flexibility index (Phi) is 5.40. The summed E-state index contributed by atoms with van der Waals surface area (Å²) >= 11 is 0. The fraction of sp³-hybridized carbons (Fsp3) is 1.00. The summed E-state index contributed by atoms with van der Waals surface area (Å²) in [7, 11) is 3.35. The summed E-state index contributed by atoms with van der Waals surface area (Å²) in [6.07, 6.45) is 0.905. The van der Waals surface area contributed by atoms with E-state index in [1.807, 2.05) is 0 Å². The zero-order valence-electron chi connectivity index (χ0n) is 9.29. The molecule has 0 bridgehead atoms. The monoisotopic (exact) mass is 203 g/mol. The topological polar surface area (TPSA) is 39.7 Å². The minimum absolute atomic E-state index is 0.179. The van der Waals surface area contributed by atoms with Crippen LogP contribution < -0.4 is 5.32 Å². The fourth-order valence-electron chi connectivity index (χ4n) is 1.95. The lowest BCUT2D eigenvalue weighted by atomic mass is 9.98. The number of ether oxygens (including phenoxy) is 3. The number of hydrogen-bond donors (Lipinski definition) is 1. The molecule has 4 nitrogen and oxygen atoms in total. The van der Waals surface area contributed by atoms with Crippen LogP contribution in [0.3, 0.4) is 0 Å². The second kappa shape index (κ2) is 6.35. The van der Waals surface area contributed by atoms with Crippen molar-refractivity contribution in [2.24, 2.45) is 5.92 Å². The average Bonchev–Trinajstić information content (AvgIpc) is 2.71. The van der Waals surface area contributed by atoms with Gasteiger partial charge in [-0.2, -0.15) is 0 Å². The molecule has 1 fully saturated rings. The predicted octanol–water partition coefficient (Wildman–Crippen LogP) is 0.620. The molecule has 1 saturated heterocycles. The third kappa shape index (κ3) is 2.92. The number of hydrogen-bond acceptors (Lipinski definition) is 4. The molecular formula is C10H21NO3. The van der Waals surface area contributed by atoms with Gasteiger partial charge in [-0.3, -0.25) is 0 Å². The molecule has 0 spiro atoms. The van der Waals surface area contributed by atoms with E-state index < -0.39 is 0 Å². The zero-order chi connectivity index (χ0) is 10.4. The van der Waals surface area contributed by atoms with Crippen molar-refractivity contribution in [3.63, 3.8) is 0 Å². The maximum atomic E-state index is 5.37. The van der Waals surface area contributed by atoms with Crippen molar-refractivity contribution in [3.05, 3.63) is 0 Å². The second-order valence-corrected chi connectivity index (χ2v) is 3.55. The molecule has 0 aromatic heterocycles. The SMILES string of the molecule is CCNC(C1CCOC1)C(OC)OC. The molecule has 1 N–H and O–H groups in total. The highest BCUT2D eigenvalue weighted by Crippen LogP contribution is 2.20. The maximum Gasteiger partial charge on any atom is 0.172 e. The van der Waals surface area contributed by atoms with E-state index in [0.29, 0.717) is 5.92 Å². The van der Waals surface area contributed by atoms with Crippen molar-refractivity contribution in [1.29, 1.82) is 0 Å². The summed E-state index contributed by atoms with van der Waals surface area (Å²) in [5.74, 6) is 0.500. The van der Waals surface area contributed by atoms with E-state index in [2.05, 4.69) is 12.2 Å². The van der Waals surface area contributed by atoms with Gasteiger partial charge < -0.3 is 19.5 Å². The third-order valence-electron chi connectivity index (χ3n) is 2.67. The average molecular weight is 203 g/mol. The van der Waals surface area contributed by atoms with Crippen LogP contribution >= 0.6 is 0 Å². The first kappa shape index (κ1) is 11.9. The molecule has 0 amide bonds. The fourth-order valence-corrected chi connectivity index (χ4v) is 1.95. The second-order valence-electron chi connectivity index (χ2n) is 3.55. The lowest BCUT2D eigenvalue weighted by Crippen LogP contribution is -2.47. The van der Waals surface area contributed by atoms with Gasteiger partial charge in [0.05, 0.1) is 12.6 Å². The molecule has 1 heterocycles. The quantitative estimate of drug-likeness (QED) is 0.642. The molecule has 0 aromatic rings. The van der Waals surface area contributed by atoms with Gasteiger partial charge in [-0.05, 0) is 13.0 Å². The Morgan fingerprint density at radius 1 is 1.43 bits per heavy atom. The van der Waals surface area contributed by atoms with Crippen LogP contribution in [0.2, 0.25) is 0 Å². The minimum atomic E-state index is -0.179. The highest BCUT2D eigenvalue weighted by Gasteiger charge is 2.31. The summed E-state index contributed by atoms with van der Waals surface area (Å²) in [5, 5.41) is 3.40. The highest BCUT2D eigenvalue weighted by atomic mass is 16.7. The van der Waals surface area contributed by atoms with Gasteiger partial charge in [-0.25, -0.2) is 0 Å². The van der Waals surface area contributed by atoms with E-state index in [1.165, 1.54) is 0 Å².